The van der Waals surface area contributed by atoms with Gasteiger partial charge in [-0.25, -0.2) is 13.0 Å². The Kier molecular flexibility index (Phi) is 3.95. The first kappa shape index (κ1) is 14.5. The number of hydrogen-bond acceptors (Lipinski definition) is 6. The van der Waals surface area contributed by atoms with Gasteiger partial charge < -0.3 is 0 Å². The van der Waals surface area contributed by atoms with Crippen LogP contribution in [0.2, 0.25) is 0 Å². The topological polar surface area (TPSA) is 76.3 Å². The van der Waals surface area contributed by atoms with Crippen LogP contribution in [0.25, 0.3) is 11.0 Å². The molecule has 0 bridgehead atoms. The summed E-state index contributed by atoms with van der Waals surface area (Å²) in [7, 11) is -2.91. The van der Waals surface area contributed by atoms with E-state index in [1.165, 1.54) is 6.26 Å². The van der Waals surface area contributed by atoms with Gasteiger partial charge in [0.05, 0.1) is 5.75 Å². The molecule has 3 rings (SSSR count). The fourth-order valence-corrected chi connectivity index (χ4v) is 4.22. The van der Waals surface area contributed by atoms with E-state index in [4.69, 9.17) is 4.63 Å². The van der Waals surface area contributed by atoms with Crippen molar-refractivity contribution < 1.29 is 13.0 Å². The van der Waals surface area contributed by atoms with E-state index < -0.39 is 9.84 Å². The van der Waals surface area contributed by atoms with Crippen molar-refractivity contribution in [2.24, 2.45) is 5.92 Å². The van der Waals surface area contributed by atoms with Crippen LogP contribution in [0.5, 0.6) is 0 Å². The van der Waals surface area contributed by atoms with Crippen molar-refractivity contribution in [3.05, 3.63) is 23.8 Å². The minimum absolute atomic E-state index is 0.225. The molecule has 1 unspecified atom stereocenters. The van der Waals surface area contributed by atoms with E-state index in [9.17, 15) is 8.42 Å². The lowest BCUT2D eigenvalue weighted by Crippen LogP contribution is -2.37. The van der Waals surface area contributed by atoms with E-state index in [1.807, 2.05) is 18.2 Å². The Morgan fingerprint density at radius 2 is 2.24 bits per heavy atom. The van der Waals surface area contributed by atoms with Gasteiger partial charge in [-0.05, 0) is 47.2 Å². The lowest BCUT2D eigenvalue weighted by atomic mass is 9.99. The van der Waals surface area contributed by atoms with Crippen molar-refractivity contribution in [1.82, 2.24) is 15.2 Å². The first-order valence-electron chi connectivity index (χ1n) is 7.11. The van der Waals surface area contributed by atoms with Gasteiger partial charge in [0.1, 0.15) is 20.9 Å². The van der Waals surface area contributed by atoms with Crippen LogP contribution in [0.4, 0.5) is 0 Å². The summed E-state index contributed by atoms with van der Waals surface area (Å²) in [6, 6.07) is 5.84. The van der Waals surface area contributed by atoms with Crippen molar-refractivity contribution in [2.75, 3.05) is 25.1 Å². The number of likely N-dealkylation sites (tertiary alicyclic amines) is 1. The SMILES string of the molecule is CS(=O)(=O)CC1CCCN(Cc2cccc3nonc23)C1. The molecule has 2 heterocycles. The van der Waals surface area contributed by atoms with Crippen LogP contribution in [-0.4, -0.2) is 48.7 Å². The molecule has 1 aromatic carbocycles. The highest BCUT2D eigenvalue weighted by molar-refractivity contribution is 7.90. The number of sulfone groups is 1. The number of rotatable bonds is 4. The average Bonchev–Trinajstić information content (AvgIpc) is 2.86. The largest absolute Gasteiger partial charge is 0.299 e. The van der Waals surface area contributed by atoms with Crippen molar-refractivity contribution in [3.8, 4) is 0 Å². The molecular formula is C14H19N3O3S. The van der Waals surface area contributed by atoms with Gasteiger partial charge in [0, 0.05) is 19.3 Å². The Labute approximate surface area is 124 Å². The first-order valence-corrected chi connectivity index (χ1v) is 9.17. The average molecular weight is 309 g/mol. The molecule has 0 aliphatic carbocycles. The smallest absolute Gasteiger partial charge is 0.147 e. The van der Waals surface area contributed by atoms with Crippen LogP contribution in [-0.2, 0) is 16.4 Å². The summed E-state index contributed by atoms with van der Waals surface area (Å²) in [5.41, 5.74) is 2.63. The predicted octanol–water partition coefficient (Wildman–Crippen LogP) is 1.48. The van der Waals surface area contributed by atoms with Crippen LogP contribution >= 0.6 is 0 Å². The van der Waals surface area contributed by atoms with E-state index in [0.717, 1.165) is 49.1 Å². The summed E-state index contributed by atoms with van der Waals surface area (Å²) in [4.78, 5) is 2.29. The Balaban J connectivity index is 1.71. The molecule has 1 saturated heterocycles. The number of fused-ring (bicyclic) bond motifs is 1. The number of hydrogen-bond donors (Lipinski definition) is 0. The molecule has 21 heavy (non-hydrogen) atoms. The van der Waals surface area contributed by atoms with Crippen molar-refractivity contribution in [3.63, 3.8) is 0 Å². The third kappa shape index (κ3) is 3.59. The lowest BCUT2D eigenvalue weighted by molar-refractivity contribution is 0.178. The van der Waals surface area contributed by atoms with Crippen LogP contribution < -0.4 is 0 Å². The number of piperidine rings is 1. The second-order valence-corrected chi connectivity index (χ2v) is 8.07. The molecular weight excluding hydrogens is 290 g/mol. The second-order valence-electron chi connectivity index (χ2n) is 5.88. The van der Waals surface area contributed by atoms with E-state index >= 15 is 0 Å². The highest BCUT2D eigenvalue weighted by Gasteiger charge is 2.23. The van der Waals surface area contributed by atoms with E-state index in [0.29, 0.717) is 0 Å². The highest BCUT2D eigenvalue weighted by atomic mass is 32.2. The van der Waals surface area contributed by atoms with Gasteiger partial charge in [-0.2, -0.15) is 0 Å². The molecule has 1 aliphatic rings. The van der Waals surface area contributed by atoms with Crippen LogP contribution in [0.3, 0.4) is 0 Å². The van der Waals surface area contributed by atoms with Crippen molar-refractivity contribution in [1.29, 1.82) is 0 Å². The molecule has 6 nitrogen and oxygen atoms in total. The molecule has 114 valence electrons. The minimum Gasteiger partial charge on any atom is -0.299 e. The van der Waals surface area contributed by atoms with Gasteiger partial charge in [-0.1, -0.05) is 12.1 Å². The Morgan fingerprint density at radius 3 is 3.05 bits per heavy atom. The van der Waals surface area contributed by atoms with Crippen LogP contribution in [0, 0.1) is 5.92 Å². The Hall–Kier alpha value is -1.47. The maximum Gasteiger partial charge on any atom is 0.147 e. The molecule has 1 aromatic heterocycles. The zero-order valence-electron chi connectivity index (χ0n) is 12.0. The summed E-state index contributed by atoms with van der Waals surface area (Å²) in [6.45, 7) is 2.56. The maximum absolute atomic E-state index is 11.5. The maximum atomic E-state index is 11.5. The molecule has 0 spiro atoms. The first-order chi connectivity index (χ1) is 10.0. The zero-order valence-corrected chi connectivity index (χ0v) is 12.8. The molecule has 0 radical (unpaired) electrons. The van der Waals surface area contributed by atoms with Gasteiger partial charge in [-0.15, -0.1) is 0 Å². The summed E-state index contributed by atoms with van der Waals surface area (Å²) < 4.78 is 27.7. The zero-order chi connectivity index (χ0) is 14.9. The fraction of sp³-hybridized carbons (Fsp3) is 0.571. The van der Waals surface area contributed by atoms with Gasteiger partial charge in [-0.3, -0.25) is 4.90 Å². The molecule has 0 saturated carbocycles. The van der Waals surface area contributed by atoms with E-state index in [2.05, 4.69) is 15.2 Å². The second kappa shape index (κ2) is 5.73. The number of aromatic nitrogens is 2. The van der Waals surface area contributed by atoms with Gasteiger partial charge in [0.2, 0.25) is 0 Å². The molecule has 1 aliphatic heterocycles. The van der Waals surface area contributed by atoms with E-state index in [-0.39, 0.29) is 11.7 Å². The normalized spacial score (nSPS) is 20.9. The predicted molar refractivity (Wildman–Crippen MR) is 79.5 cm³/mol. The highest BCUT2D eigenvalue weighted by Crippen LogP contribution is 2.22. The third-order valence-electron chi connectivity index (χ3n) is 3.91. The summed E-state index contributed by atoms with van der Waals surface area (Å²) in [6.07, 6.45) is 3.33. The van der Waals surface area contributed by atoms with E-state index in [1.54, 1.807) is 0 Å². The molecule has 2 aromatic rings. The van der Waals surface area contributed by atoms with Crippen molar-refractivity contribution >= 4 is 20.9 Å². The minimum atomic E-state index is -2.91. The summed E-state index contributed by atoms with van der Waals surface area (Å²) in [5.74, 6) is 0.502. The fourth-order valence-electron chi connectivity index (χ4n) is 3.09. The molecule has 1 atom stereocenters. The summed E-state index contributed by atoms with van der Waals surface area (Å²) in [5, 5.41) is 7.81. The number of nitrogens with zero attached hydrogens (tertiary/aromatic N) is 3. The number of benzene rings is 1. The quantitative estimate of drug-likeness (QED) is 0.851. The van der Waals surface area contributed by atoms with Crippen molar-refractivity contribution in [2.45, 2.75) is 19.4 Å². The van der Waals surface area contributed by atoms with Crippen LogP contribution in [0.1, 0.15) is 18.4 Å². The standard InChI is InChI=1S/C14H19N3O3S/c1-21(18,19)10-11-4-3-7-17(8-11)9-12-5-2-6-13-14(12)16-20-15-13/h2,5-6,11H,3-4,7-10H2,1H3. The molecule has 1 fully saturated rings. The Bertz CT molecular complexity index is 726. The monoisotopic (exact) mass is 309 g/mol. The molecule has 0 amide bonds. The molecule has 0 N–H and O–H groups in total. The Morgan fingerprint density at radius 1 is 1.38 bits per heavy atom. The lowest BCUT2D eigenvalue weighted by Gasteiger charge is -2.32. The molecule has 7 heteroatoms. The third-order valence-corrected chi connectivity index (χ3v) is 4.98. The summed E-state index contributed by atoms with van der Waals surface area (Å²) >= 11 is 0. The van der Waals surface area contributed by atoms with Gasteiger partial charge in [0.25, 0.3) is 0 Å². The van der Waals surface area contributed by atoms with Crippen LogP contribution in [0.15, 0.2) is 22.8 Å². The van der Waals surface area contributed by atoms with Gasteiger partial charge in [0.15, 0.2) is 0 Å². The van der Waals surface area contributed by atoms with Gasteiger partial charge >= 0.3 is 0 Å².